The fraction of sp³-hybridized carbons (Fsp3) is 0.929. The van der Waals surface area contributed by atoms with Gasteiger partial charge < -0.3 is 5.11 Å². The van der Waals surface area contributed by atoms with Gasteiger partial charge in [-0.2, -0.15) is 17.0 Å². The highest BCUT2D eigenvalue weighted by atomic mass is 32.2. The molecule has 1 N–H and O–H groups in total. The first-order valence-electron chi connectivity index (χ1n) is 7.80. The zero-order valence-electron chi connectivity index (χ0n) is 13.3. The quantitative estimate of drug-likeness (QED) is 0.693. The Bertz CT molecular complexity index is 436. The normalized spacial score (nSPS) is 21.1. The summed E-state index contributed by atoms with van der Waals surface area (Å²) in [4.78, 5) is 11.1. The second-order valence-corrected chi connectivity index (χ2v) is 7.84. The predicted molar refractivity (Wildman–Crippen MR) is 82.2 cm³/mol. The number of unbranched alkanes of at least 4 members (excludes halogenated alkanes) is 2. The Morgan fingerprint density at radius 3 is 2.57 bits per heavy atom. The lowest BCUT2D eigenvalue weighted by atomic mass is 10.0. The van der Waals surface area contributed by atoms with Crippen molar-refractivity contribution in [2.75, 3.05) is 19.6 Å². The van der Waals surface area contributed by atoms with Crippen LogP contribution in [0, 0.1) is 5.92 Å². The molecule has 0 aliphatic carbocycles. The van der Waals surface area contributed by atoms with Gasteiger partial charge in [-0.15, -0.1) is 0 Å². The fourth-order valence-electron chi connectivity index (χ4n) is 2.66. The van der Waals surface area contributed by atoms with E-state index in [1.54, 1.807) is 0 Å². The molecule has 7 heteroatoms. The van der Waals surface area contributed by atoms with Crippen molar-refractivity contribution in [3.8, 4) is 0 Å². The second kappa shape index (κ2) is 8.10. The molecule has 6 nitrogen and oxygen atoms in total. The first-order chi connectivity index (χ1) is 9.80. The average Bonchev–Trinajstić information content (AvgIpc) is 2.43. The van der Waals surface area contributed by atoms with Crippen molar-refractivity contribution >= 4 is 16.2 Å². The highest BCUT2D eigenvalue weighted by Crippen LogP contribution is 2.23. The van der Waals surface area contributed by atoms with E-state index in [1.165, 1.54) is 8.61 Å². The van der Waals surface area contributed by atoms with Crippen LogP contribution in [-0.4, -0.2) is 53.8 Å². The lowest BCUT2D eigenvalue weighted by Crippen LogP contribution is -2.51. The van der Waals surface area contributed by atoms with Crippen molar-refractivity contribution in [1.29, 1.82) is 0 Å². The van der Waals surface area contributed by atoms with E-state index in [0.29, 0.717) is 25.9 Å². The van der Waals surface area contributed by atoms with E-state index < -0.39 is 22.1 Å². The number of piperidine rings is 1. The molecule has 1 unspecified atom stereocenters. The standard InChI is InChI=1S/C14H28N2O4S/c1-4-5-6-10-16(12(2)3)21(19,20)15-9-7-8-13(11-15)14(17)18/h12-13H,4-11H2,1-3H3,(H,17,18). The predicted octanol–water partition coefficient (Wildman–Crippen LogP) is 1.93. The first kappa shape index (κ1) is 18.4. The van der Waals surface area contributed by atoms with Gasteiger partial charge >= 0.3 is 5.97 Å². The van der Waals surface area contributed by atoms with Crippen LogP contribution in [0.2, 0.25) is 0 Å². The number of rotatable bonds is 8. The van der Waals surface area contributed by atoms with Gasteiger partial charge in [-0.1, -0.05) is 19.8 Å². The molecule has 0 aromatic heterocycles. The maximum absolute atomic E-state index is 12.7. The lowest BCUT2D eigenvalue weighted by Gasteiger charge is -2.36. The molecule has 1 aliphatic rings. The highest BCUT2D eigenvalue weighted by Gasteiger charge is 2.36. The summed E-state index contributed by atoms with van der Waals surface area (Å²) in [6.45, 7) is 6.82. The van der Waals surface area contributed by atoms with Gasteiger partial charge in [0.25, 0.3) is 10.2 Å². The van der Waals surface area contributed by atoms with Crippen LogP contribution in [-0.2, 0) is 15.0 Å². The molecule has 1 heterocycles. The van der Waals surface area contributed by atoms with Gasteiger partial charge in [0.05, 0.1) is 5.92 Å². The Morgan fingerprint density at radius 2 is 2.05 bits per heavy atom. The average molecular weight is 320 g/mol. The van der Waals surface area contributed by atoms with Gasteiger partial charge in [-0.25, -0.2) is 0 Å². The van der Waals surface area contributed by atoms with Crippen molar-refractivity contribution in [1.82, 2.24) is 8.61 Å². The Balaban J connectivity index is 2.81. The number of carboxylic acids is 1. The van der Waals surface area contributed by atoms with Crippen molar-refractivity contribution in [3.05, 3.63) is 0 Å². The minimum Gasteiger partial charge on any atom is -0.481 e. The number of carboxylic acid groups (broad SMARTS) is 1. The summed E-state index contributed by atoms with van der Waals surface area (Å²) >= 11 is 0. The van der Waals surface area contributed by atoms with Crippen molar-refractivity contribution in [3.63, 3.8) is 0 Å². The highest BCUT2D eigenvalue weighted by molar-refractivity contribution is 7.86. The SMILES string of the molecule is CCCCCN(C(C)C)S(=O)(=O)N1CCCC(C(=O)O)C1. The van der Waals surface area contributed by atoms with E-state index in [4.69, 9.17) is 5.11 Å². The number of carbonyl (C=O) groups is 1. The van der Waals surface area contributed by atoms with Crippen LogP contribution < -0.4 is 0 Å². The van der Waals surface area contributed by atoms with Gasteiger partial charge in [-0.05, 0) is 33.1 Å². The van der Waals surface area contributed by atoms with Gasteiger partial charge in [0, 0.05) is 25.7 Å². The third kappa shape index (κ3) is 4.93. The molecule has 124 valence electrons. The molecule has 1 aliphatic heterocycles. The van der Waals surface area contributed by atoms with Crippen LogP contribution >= 0.6 is 0 Å². The summed E-state index contributed by atoms with van der Waals surface area (Å²) in [5, 5.41) is 9.11. The zero-order chi connectivity index (χ0) is 16.0. The molecular weight excluding hydrogens is 292 g/mol. The molecule has 0 aromatic rings. The third-order valence-electron chi connectivity index (χ3n) is 3.91. The van der Waals surface area contributed by atoms with Crippen molar-refractivity contribution < 1.29 is 18.3 Å². The molecule has 0 radical (unpaired) electrons. The third-order valence-corrected chi connectivity index (χ3v) is 6.10. The molecule has 1 saturated heterocycles. The number of hydrogen-bond donors (Lipinski definition) is 1. The molecule has 0 amide bonds. The van der Waals surface area contributed by atoms with Gasteiger partial charge in [0.1, 0.15) is 0 Å². The molecular formula is C14H28N2O4S. The van der Waals surface area contributed by atoms with E-state index in [-0.39, 0.29) is 12.6 Å². The van der Waals surface area contributed by atoms with E-state index in [9.17, 15) is 13.2 Å². The molecule has 0 saturated carbocycles. The van der Waals surface area contributed by atoms with Crippen LogP contribution in [0.1, 0.15) is 52.9 Å². The largest absolute Gasteiger partial charge is 0.481 e. The van der Waals surface area contributed by atoms with E-state index in [2.05, 4.69) is 6.92 Å². The van der Waals surface area contributed by atoms with Gasteiger partial charge in [0.2, 0.25) is 0 Å². The van der Waals surface area contributed by atoms with Crippen LogP contribution in [0.4, 0.5) is 0 Å². The number of aliphatic carboxylic acids is 1. The van der Waals surface area contributed by atoms with Crippen LogP contribution in [0.15, 0.2) is 0 Å². The van der Waals surface area contributed by atoms with Gasteiger partial charge in [0.15, 0.2) is 0 Å². The number of hydrogen-bond acceptors (Lipinski definition) is 3. The Labute approximate surface area is 128 Å². The smallest absolute Gasteiger partial charge is 0.307 e. The van der Waals surface area contributed by atoms with Crippen molar-refractivity contribution in [2.45, 2.75) is 58.9 Å². The number of nitrogens with zero attached hydrogens (tertiary/aromatic N) is 2. The summed E-state index contributed by atoms with van der Waals surface area (Å²) in [5.74, 6) is -1.49. The maximum atomic E-state index is 12.7. The maximum Gasteiger partial charge on any atom is 0.307 e. The van der Waals surface area contributed by atoms with Crippen molar-refractivity contribution in [2.24, 2.45) is 5.92 Å². The Morgan fingerprint density at radius 1 is 1.38 bits per heavy atom. The van der Waals surface area contributed by atoms with Crippen LogP contribution in [0.25, 0.3) is 0 Å². The molecule has 1 fully saturated rings. The lowest BCUT2D eigenvalue weighted by molar-refractivity contribution is -0.142. The Kier molecular flexibility index (Phi) is 7.09. The van der Waals surface area contributed by atoms with Crippen LogP contribution in [0.5, 0.6) is 0 Å². The molecule has 0 spiro atoms. The van der Waals surface area contributed by atoms with E-state index >= 15 is 0 Å². The minimum atomic E-state index is -3.57. The molecule has 1 atom stereocenters. The molecule has 0 bridgehead atoms. The topological polar surface area (TPSA) is 77.9 Å². The van der Waals surface area contributed by atoms with Gasteiger partial charge in [-0.3, -0.25) is 4.79 Å². The summed E-state index contributed by atoms with van der Waals surface area (Å²) in [7, 11) is -3.57. The summed E-state index contributed by atoms with van der Waals surface area (Å²) < 4.78 is 28.4. The zero-order valence-corrected chi connectivity index (χ0v) is 14.1. The molecule has 21 heavy (non-hydrogen) atoms. The molecule has 1 rings (SSSR count). The summed E-state index contributed by atoms with van der Waals surface area (Å²) in [6, 6.07) is -0.114. The first-order valence-corrected chi connectivity index (χ1v) is 9.20. The Hall–Kier alpha value is -0.660. The minimum absolute atomic E-state index is 0.0919. The summed E-state index contributed by atoms with van der Waals surface area (Å²) in [5.41, 5.74) is 0. The van der Waals surface area contributed by atoms with E-state index in [0.717, 1.165) is 19.3 Å². The second-order valence-electron chi connectivity index (χ2n) is 5.95. The summed E-state index contributed by atoms with van der Waals surface area (Å²) in [6.07, 6.45) is 4.04. The molecule has 0 aromatic carbocycles. The fourth-order valence-corrected chi connectivity index (χ4v) is 4.58. The van der Waals surface area contributed by atoms with E-state index in [1.807, 2.05) is 13.8 Å². The van der Waals surface area contributed by atoms with Crippen LogP contribution in [0.3, 0.4) is 0 Å². The monoisotopic (exact) mass is 320 g/mol.